The number of nitrogens with two attached hydrogens (primary N) is 1. The third-order valence-corrected chi connectivity index (χ3v) is 3.28. The minimum Gasteiger partial charge on any atom is -0.325 e. The van der Waals surface area contributed by atoms with Gasteiger partial charge in [0.1, 0.15) is 5.82 Å². The molecule has 0 bridgehead atoms. The number of nitrogens with zero attached hydrogens (tertiary/aromatic N) is 3. The fourth-order valence-corrected chi connectivity index (χ4v) is 2.32. The van der Waals surface area contributed by atoms with Crippen LogP contribution >= 0.6 is 0 Å². The van der Waals surface area contributed by atoms with Gasteiger partial charge in [0.05, 0.1) is 16.7 Å². The molecule has 0 aliphatic rings. The summed E-state index contributed by atoms with van der Waals surface area (Å²) in [6, 6.07) is 12.3. The summed E-state index contributed by atoms with van der Waals surface area (Å²) in [4.78, 5) is 8.80. The summed E-state index contributed by atoms with van der Waals surface area (Å²) >= 11 is 0. The second-order valence-electron chi connectivity index (χ2n) is 4.59. The quantitative estimate of drug-likeness (QED) is 0.777. The van der Waals surface area contributed by atoms with Crippen LogP contribution in [0, 0.1) is 6.92 Å². The lowest BCUT2D eigenvalue weighted by Crippen LogP contribution is -2.05. The molecule has 2 heterocycles. The number of para-hydroxylation sites is 2. The van der Waals surface area contributed by atoms with Crippen LogP contribution in [-0.2, 0) is 13.1 Å². The summed E-state index contributed by atoms with van der Waals surface area (Å²) in [7, 11) is 0. The molecule has 0 spiro atoms. The molecule has 19 heavy (non-hydrogen) atoms. The van der Waals surface area contributed by atoms with Crippen LogP contribution in [0.4, 0.5) is 0 Å². The fourth-order valence-electron chi connectivity index (χ4n) is 2.32. The van der Waals surface area contributed by atoms with E-state index in [-0.39, 0.29) is 0 Å². The van der Waals surface area contributed by atoms with Gasteiger partial charge in [0.15, 0.2) is 0 Å². The second-order valence-corrected chi connectivity index (χ2v) is 4.59. The number of aryl methyl sites for hydroxylation is 1. The van der Waals surface area contributed by atoms with Crippen LogP contribution in [0.1, 0.15) is 17.1 Å². The van der Waals surface area contributed by atoms with Crippen molar-refractivity contribution in [2.24, 2.45) is 5.73 Å². The monoisotopic (exact) mass is 252 g/mol. The van der Waals surface area contributed by atoms with Crippen LogP contribution < -0.4 is 5.73 Å². The summed E-state index contributed by atoms with van der Waals surface area (Å²) in [6.07, 6.45) is 1.81. The Hall–Kier alpha value is -2.20. The first kappa shape index (κ1) is 11.9. The number of rotatable bonds is 3. The van der Waals surface area contributed by atoms with Gasteiger partial charge in [-0.15, -0.1) is 0 Å². The number of benzene rings is 1. The predicted molar refractivity (Wildman–Crippen MR) is 75.7 cm³/mol. The van der Waals surface area contributed by atoms with E-state index in [9.17, 15) is 0 Å². The van der Waals surface area contributed by atoms with Gasteiger partial charge in [-0.3, -0.25) is 4.98 Å². The molecular formula is C15H16N4. The first-order chi connectivity index (χ1) is 9.28. The van der Waals surface area contributed by atoms with Crippen molar-refractivity contribution in [3.63, 3.8) is 0 Å². The number of aromatic nitrogens is 3. The zero-order valence-corrected chi connectivity index (χ0v) is 10.9. The van der Waals surface area contributed by atoms with Crippen LogP contribution in [-0.4, -0.2) is 14.5 Å². The molecule has 0 amide bonds. The van der Waals surface area contributed by atoms with E-state index in [4.69, 9.17) is 5.73 Å². The predicted octanol–water partition coefficient (Wildman–Crippen LogP) is 2.25. The van der Waals surface area contributed by atoms with E-state index < -0.39 is 0 Å². The number of imidazole rings is 1. The molecule has 1 aromatic carbocycles. The van der Waals surface area contributed by atoms with Gasteiger partial charge in [-0.2, -0.15) is 0 Å². The Morgan fingerprint density at radius 2 is 2.05 bits per heavy atom. The molecule has 0 radical (unpaired) electrons. The van der Waals surface area contributed by atoms with Crippen molar-refractivity contribution in [2.45, 2.75) is 20.0 Å². The highest BCUT2D eigenvalue weighted by atomic mass is 15.1. The van der Waals surface area contributed by atoms with E-state index in [1.165, 1.54) is 5.56 Å². The molecule has 0 aliphatic carbocycles. The van der Waals surface area contributed by atoms with Crippen molar-refractivity contribution < 1.29 is 0 Å². The van der Waals surface area contributed by atoms with Crippen LogP contribution in [0.3, 0.4) is 0 Å². The summed E-state index contributed by atoms with van der Waals surface area (Å²) < 4.78 is 2.21. The van der Waals surface area contributed by atoms with Crippen molar-refractivity contribution in [1.29, 1.82) is 0 Å². The second kappa shape index (κ2) is 4.82. The summed E-state index contributed by atoms with van der Waals surface area (Å²) in [5.41, 5.74) is 9.94. The molecule has 0 atom stereocenters. The van der Waals surface area contributed by atoms with Gasteiger partial charge < -0.3 is 10.3 Å². The summed E-state index contributed by atoms with van der Waals surface area (Å²) in [5, 5.41) is 0. The number of fused-ring (bicyclic) bond motifs is 1. The molecule has 0 fully saturated rings. The molecule has 0 aliphatic heterocycles. The third-order valence-electron chi connectivity index (χ3n) is 3.28. The minimum atomic E-state index is 0.470. The molecule has 0 saturated heterocycles. The Balaban J connectivity index is 2.02. The highest BCUT2D eigenvalue weighted by Crippen LogP contribution is 2.17. The van der Waals surface area contributed by atoms with Crippen molar-refractivity contribution in [3.05, 3.63) is 59.7 Å². The number of hydrogen-bond acceptors (Lipinski definition) is 3. The fraction of sp³-hybridized carbons (Fsp3) is 0.200. The minimum absolute atomic E-state index is 0.470. The molecule has 96 valence electrons. The Kier molecular flexibility index (Phi) is 3.01. The van der Waals surface area contributed by atoms with Gasteiger partial charge >= 0.3 is 0 Å². The van der Waals surface area contributed by atoms with Crippen molar-refractivity contribution in [2.75, 3.05) is 0 Å². The highest BCUT2D eigenvalue weighted by Gasteiger charge is 2.07. The van der Waals surface area contributed by atoms with E-state index in [0.29, 0.717) is 6.54 Å². The van der Waals surface area contributed by atoms with E-state index in [0.717, 1.165) is 29.1 Å². The van der Waals surface area contributed by atoms with E-state index in [1.54, 1.807) is 0 Å². The molecule has 0 saturated carbocycles. The first-order valence-corrected chi connectivity index (χ1v) is 6.33. The zero-order chi connectivity index (χ0) is 13.2. The van der Waals surface area contributed by atoms with Gasteiger partial charge in [-0.25, -0.2) is 4.98 Å². The molecule has 3 rings (SSSR count). The van der Waals surface area contributed by atoms with Gasteiger partial charge in [0.2, 0.25) is 0 Å². The zero-order valence-electron chi connectivity index (χ0n) is 10.9. The van der Waals surface area contributed by atoms with Gasteiger partial charge in [-0.05, 0) is 36.8 Å². The van der Waals surface area contributed by atoms with Crippen LogP contribution in [0.5, 0.6) is 0 Å². The van der Waals surface area contributed by atoms with Gasteiger partial charge in [0.25, 0.3) is 0 Å². The SMILES string of the molecule is Cc1nc2ccccc2n1Cc1ccnc(CN)c1. The maximum atomic E-state index is 5.63. The Morgan fingerprint density at radius 1 is 1.21 bits per heavy atom. The largest absolute Gasteiger partial charge is 0.325 e. The Labute approximate surface area is 111 Å². The normalized spacial score (nSPS) is 11.1. The number of pyridine rings is 1. The van der Waals surface area contributed by atoms with Crippen molar-refractivity contribution >= 4 is 11.0 Å². The third kappa shape index (κ3) is 2.22. The Bertz CT molecular complexity index is 715. The molecule has 4 nitrogen and oxygen atoms in total. The van der Waals surface area contributed by atoms with Gasteiger partial charge in [0, 0.05) is 19.3 Å². The van der Waals surface area contributed by atoms with Crippen LogP contribution in [0.25, 0.3) is 11.0 Å². The molecule has 4 heteroatoms. The molecule has 3 aromatic rings. The lowest BCUT2D eigenvalue weighted by molar-refractivity contribution is 0.781. The average molecular weight is 252 g/mol. The highest BCUT2D eigenvalue weighted by molar-refractivity contribution is 5.75. The van der Waals surface area contributed by atoms with Crippen molar-refractivity contribution in [3.8, 4) is 0 Å². The maximum Gasteiger partial charge on any atom is 0.107 e. The molecule has 2 aromatic heterocycles. The molecular weight excluding hydrogens is 236 g/mol. The topological polar surface area (TPSA) is 56.7 Å². The van der Waals surface area contributed by atoms with Gasteiger partial charge in [-0.1, -0.05) is 12.1 Å². The van der Waals surface area contributed by atoms with Crippen LogP contribution in [0.15, 0.2) is 42.6 Å². The standard InChI is InChI=1S/C15H16N4/c1-11-18-14-4-2-3-5-15(14)19(11)10-12-6-7-17-13(8-12)9-16/h2-8H,9-10,16H2,1H3. The average Bonchev–Trinajstić information content (AvgIpc) is 2.76. The Morgan fingerprint density at radius 3 is 2.89 bits per heavy atom. The summed E-state index contributed by atoms with van der Waals surface area (Å²) in [5.74, 6) is 1.02. The van der Waals surface area contributed by atoms with E-state index in [2.05, 4.69) is 20.6 Å². The van der Waals surface area contributed by atoms with Crippen molar-refractivity contribution in [1.82, 2.24) is 14.5 Å². The van der Waals surface area contributed by atoms with E-state index >= 15 is 0 Å². The summed E-state index contributed by atoms with van der Waals surface area (Å²) in [6.45, 7) is 3.30. The number of hydrogen-bond donors (Lipinski definition) is 1. The lowest BCUT2D eigenvalue weighted by Gasteiger charge is -2.08. The first-order valence-electron chi connectivity index (χ1n) is 6.33. The lowest BCUT2D eigenvalue weighted by atomic mass is 10.2. The maximum absolute atomic E-state index is 5.63. The van der Waals surface area contributed by atoms with Crippen LogP contribution in [0.2, 0.25) is 0 Å². The van der Waals surface area contributed by atoms with E-state index in [1.807, 2.05) is 43.5 Å². The molecule has 0 unspecified atom stereocenters. The smallest absolute Gasteiger partial charge is 0.107 e. The molecule has 2 N–H and O–H groups in total.